The zero-order valence-electron chi connectivity index (χ0n) is 28.4. The van der Waals surface area contributed by atoms with Gasteiger partial charge in [0.05, 0.1) is 12.2 Å². The molecule has 3 heteroatoms. The molecule has 1 heterocycles. The molecule has 2 fully saturated rings. The Morgan fingerprint density at radius 1 is 0.674 bits per heavy atom. The average Bonchev–Trinajstić information content (AvgIpc) is 3.49. The molecule has 3 rings (SSSR count). The molecule has 3 nitrogen and oxygen atoms in total. The van der Waals surface area contributed by atoms with E-state index in [1.165, 1.54) is 33.4 Å². The summed E-state index contributed by atoms with van der Waals surface area (Å²) in [7, 11) is 0. The average molecular weight is 585 g/mol. The number of epoxide rings is 1. The Labute approximate surface area is 262 Å². The minimum atomic E-state index is -0.291. The number of aliphatic hydroxyl groups excluding tert-OH is 2. The van der Waals surface area contributed by atoms with E-state index in [-0.39, 0.29) is 34.2 Å². The zero-order chi connectivity index (χ0) is 32.1. The third-order valence-electron chi connectivity index (χ3n) is 9.34. The van der Waals surface area contributed by atoms with E-state index in [4.69, 9.17) is 4.74 Å². The van der Waals surface area contributed by atoms with Crippen molar-refractivity contribution in [3.63, 3.8) is 0 Å². The van der Waals surface area contributed by atoms with Gasteiger partial charge in [0.15, 0.2) is 0 Å². The number of aliphatic hydroxyl groups is 2. The highest BCUT2D eigenvalue weighted by atomic mass is 16.6. The predicted molar refractivity (Wildman–Crippen MR) is 184 cm³/mol. The fourth-order valence-electron chi connectivity index (χ4n) is 7.06. The van der Waals surface area contributed by atoms with Crippen molar-refractivity contribution in [2.75, 3.05) is 0 Å². The van der Waals surface area contributed by atoms with Gasteiger partial charge in [-0.15, -0.1) is 0 Å². The highest BCUT2D eigenvalue weighted by Crippen LogP contribution is 2.66. The maximum absolute atomic E-state index is 10.2. The molecule has 0 spiro atoms. The molecule has 4 atom stereocenters. The summed E-state index contributed by atoms with van der Waals surface area (Å²) in [6.07, 6.45) is 32.3. The van der Waals surface area contributed by atoms with Crippen molar-refractivity contribution in [3.05, 3.63) is 119 Å². The van der Waals surface area contributed by atoms with Gasteiger partial charge in [-0.3, -0.25) is 0 Å². The number of hydrogen-bond donors (Lipinski definition) is 2. The standard InChI is InChI=1S/C40H56O3/c1-29(17-13-19-31(3)21-22-36-33(5)25-34(41)26-37(36,6)7)15-11-12-16-30(2)18-14-20-32(4)23-24-40-38(8,9)27-35(42)28-39(40,10)43-40/h11-24,34-35,41-42H,25-28H2,1-10H3/b12-11+,17-13+,18-14+,22-21+,24-23+,29-15+,30-16+,31-19+,32-20+/t34-,35-,39+,40-/m1/s1. The van der Waals surface area contributed by atoms with Gasteiger partial charge >= 0.3 is 0 Å². The Bertz CT molecular complexity index is 1330. The van der Waals surface area contributed by atoms with E-state index in [0.29, 0.717) is 6.42 Å². The zero-order valence-corrected chi connectivity index (χ0v) is 28.4. The lowest BCUT2D eigenvalue weighted by molar-refractivity contribution is 0.0515. The van der Waals surface area contributed by atoms with E-state index in [1.54, 1.807) is 0 Å². The molecule has 0 unspecified atom stereocenters. The lowest BCUT2D eigenvalue weighted by Crippen LogP contribution is -2.46. The van der Waals surface area contributed by atoms with Gasteiger partial charge in [0.2, 0.25) is 0 Å². The van der Waals surface area contributed by atoms with Crippen LogP contribution in [0.3, 0.4) is 0 Å². The number of fused-ring (bicyclic) bond motifs is 1. The molecule has 0 aromatic carbocycles. The molecule has 3 aliphatic rings. The van der Waals surface area contributed by atoms with E-state index in [1.807, 2.05) is 0 Å². The second kappa shape index (κ2) is 13.9. The summed E-state index contributed by atoms with van der Waals surface area (Å²) in [5.74, 6) is 0. The van der Waals surface area contributed by atoms with E-state index in [2.05, 4.69) is 154 Å². The van der Waals surface area contributed by atoms with Crippen LogP contribution in [0, 0.1) is 10.8 Å². The first-order chi connectivity index (χ1) is 20.0. The quantitative estimate of drug-likeness (QED) is 0.198. The number of hydrogen-bond acceptors (Lipinski definition) is 3. The Kier molecular flexibility index (Phi) is 11.3. The van der Waals surface area contributed by atoms with Crippen LogP contribution in [0.4, 0.5) is 0 Å². The van der Waals surface area contributed by atoms with Crippen LogP contribution in [0.1, 0.15) is 94.9 Å². The first-order valence-corrected chi connectivity index (χ1v) is 15.9. The van der Waals surface area contributed by atoms with Crippen LogP contribution in [0.2, 0.25) is 0 Å². The summed E-state index contributed by atoms with van der Waals surface area (Å²) in [5.41, 5.74) is 6.71. The first-order valence-electron chi connectivity index (χ1n) is 15.9. The highest BCUT2D eigenvalue weighted by molar-refractivity contribution is 5.39. The van der Waals surface area contributed by atoms with Crippen molar-refractivity contribution in [2.24, 2.45) is 10.8 Å². The summed E-state index contributed by atoms with van der Waals surface area (Å²) in [6.45, 7) is 21.5. The molecule has 0 aromatic heterocycles. The molecule has 1 saturated carbocycles. The third kappa shape index (κ3) is 8.91. The first kappa shape index (κ1) is 34.8. The van der Waals surface area contributed by atoms with Gasteiger partial charge in [-0.1, -0.05) is 135 Å². The molecule has 2 aliphatic carbocycles. The summed E-state index contributed by atoms with van der Waals surface area (Å²) in [5, 5.41) is 20.4. The predicted octanol–water partition coefficient (Wildman–Crippen LogP) is 9.76. The summed E-state index contributed by atoms with van der Waals surface area (Å²) in [6, 6.07) is 0. The van der Waals surface area contributed by atoms with Crippen LogP contribution >= 0.6 is 0 Å². The van der Waals surface area contributed by atoms with Crippen LogP contribution in [0.25, 0.3) is 0 Å². The van der Waals surface area contributed by atoms with Crippen molar-refractivity contribution in [1.82, 2.24) is 0 Å². The smallest absolute Gasteiger partial charge is 0.121 e. The molecule has 2 N–H and O–H groups in total. The fraction of sp³-hybridized carbons (Fsp3) is 0.500. The van der Waals surface area contributed by atoms with Crippen molar-refractivity contribution < 1.29 is 14.9 Å². The Morgan fingerprint density at radius 2 is 1.19 bits per heavy atom. The van der Waals surface area contributed by atoms with Crippen LogP contribution in [-0.2, 0) is 4.74 Å². The maximum Gasteiger partial charge on any atom is 0.121 e. The fourth-order valence-corrected chi connectivity index (χ4v) is 7.06. The van der Waals surface area contributed by atoms with Gasteiger partial charge in [-0.25, -0.2) is 0 Å². The summed E-state index contributed by atoms with van der Waals surface area (Å²) >= 11 is 0. The lowest BCUT2D eigenvalue weighted by Gasteiger charge is -2.39. The van der Waals surface area contributed by atoms with Crippen LogP contribution in [0.5, 0.6) is 0 Å². The van der Waals surface area contributed by atoms with Crippen molar-refractivity contribution >= 4 is 0 Å². The number of allylic oxidation sites excluding steroid dienone is 18. The SMILES string of the molecule is CC1=C(/C=C/C(C)=C/C=C/C(C)=C/C=C/C=C(C)/C=C/C=C(C)/C=C/[C@]23O[C@@]2(C)C[C@H](O)CC3(C)C)C(C)(C)C[C@H](O)C1. The normalized spacial score (nSPS) is 32.3. The minimum Gasteiger partial charge on any atom is -0.393 e. The molecule has 0 radical (unpaired) electrons. The summed E-state index contributed by atoms with van der Waals surface area (Å²) in [4.78, 5) is 0. The van der Waals surface area contributed by atoms with E-state index in [9.17, 15) is 10.2 Å². The van der Waals surface area contributed by atoms with Gasteiger partial charge in [-0.2, -0.15) is 0 Å². The molecule has 0 bridgehead atoms. The van der Waals surface area contributed by atoms with Crippen molar-refractivity contribution in [1.29, 1.82) is 0 Å². The maximum atomic E-state index is 10.2. The van der Waals surface area contributed by atoms with E-state index >= 15 is 0 Å². The largest absolute Gasteiger partial charge is 0.393 e. The van der Waals surface area contributed by atoms with Crippen LogP contribution in [-0.4, -0.2) is 33.6 Å². The van der Waals surface area contributed by atoms with Gasteiger partial charge in [0.25, 0.3) is 0 Å². The van der Waals surface area contributed by atoms with Crippen LogP contribution < -0.4 is 0 Å². The number of ether oxygens (including phenoxy) is 1. The molecule has 0 amide bonds. The Morgan fingerprint density at radius 3 is 1.72 bits per heavy atom. The van der Waals surface area contributed by atoms with Gasteiger partial charge < -0.3 is 14.9 Å². The topological polar surface area (TPSA) is 53.0 Å². The second-order valence-electron chi connectivity index (χ2n) is 14.6. The van der Waals surface area contributed by atoms with Gasteiger partial charge in [0, 0.05) is 11.8 Å². The highest BCUT2D eigenvalue weighted by Gasteiger charge is 2.74. The molecule has 0 aromatic rings. The van der Waals surface area contributed by atoms with Crippen molar-refractivity contribution in [3.8, 4) is 0 Å². The van der Waals surface area contributed by atoms with E-state index in [0.717, 1.165) is 19.3 Å². The van der Waals surface area contributed by atoms with Gasteiger partial charge in [0.1, 0.15) is 11.2 Å². The number of rotatable bonds is 10. The molecule has 234 valence electrons. The minimum absolute atomic E-state index is 0.00262. The molecule has 1 aliphatic heterocycles. The van der Waals surface area contributed by atoms with Crippen molar-refractivity contribution in [2.45, 2.75) is 118 Å². The Balaban J connectivity index is 1.50. The van der Waals surface area contributed by atoms with E-state index < -0.39 is 0 Å². The van der Waals surface area contributed by atoms with Crippen LogP contribution in [0.15, 0.2) is 119 Å². The Hall–Kier alpha value is -2.72. The molecular weight excluding hydrogens is 528 g/mol. The monoisotopic (exact) mass is 584 g/mol. The third-order valence-corrected chi connectivity index (χ3v) is 9.34. The molecule has 1 saturated heterocycles. The summed E-state index contributed by atoms with van der Waals surface area (Å²) < 4.78 is 6.25. The molecular formula is C40H56O3. The molecule has 43 heavy (non-hydrogen) atoms. The second-order valence-corrected chi connectivity index (χ2v) is 14.6. The van der Waals surface area contributed by atoms with Gasteiger partial charge in [-0.05, 0) is 77.9 Å². The lowest BCUT2D eigenvalue weighted by atomic mass is 9.63.